The van der Waals surface area contributed by atoms with Crippen molar-refractivity contribution in [2.45, 2.75) is 115 Å². The summed E-state index contributed by atoms with van der Waals surface area (Å²) in [4.78, 5) is 34.7. The first-order valence-electron chi connectivity index (χ1n) is 20.2. The molecule has 4 aromatic rings. The summed E-state index contributed by atoms with van der Waals surface area (Å²) in [5, 5.41) is 0. The summed E-state index contributed by atoms with van der Waals surface area (Å²) < 4.78 is 1.16. The maximum atomic E-state index is 11.8. The number of allylic oxidation sites excluding steroid dienone is 1. The standard InChI is InChI=1S/C12H12O2.C10H13Br.C9H10O.C9H12.C6H12.C5H12/c1-7(2)10-11(13)8-5-3-4-6-9(8)12(10)14;1-8(2)7-9-3-5-10(11)6-4-9;1-2-9(10)8-6-4-3-5-7-8;1-8(2)9-6-4-3-5-7-9;1-4-5-6(2)3;1-4-5(2)3/h3-7,10H,1-2H3;3-6,8H,7H2,1-2H3;3-7H,2H2,1H3;3-8H,1-2H3;4,6H,1,5H2,2-3H3;5H,4H2,1-3H3. The van der Waals surface area contributed by atoms with Crippen LogP contribution in [-0.4, -0.2) is 17.3 Å². The predicted octanol–water partition coefficient (Wildman–Crippen LogP) is 15.3. The van der Waals surface area contributed by atoms with Gasteiger partial charge in [-0.3, -0.25) is 14.4 Å². The van der Waals surface area contributed by atoms with E-state index in [1.54, 1.807) is 24.3 Å². The summed E-state index contributed by atoms with van der Waals surface area (Å²) >= 11 is 3.41. The van der Waals surface area contributed by atoms with Crippen LogP contribution in [0.25, 0.3) is 0 Å². The number of hydrogen-bond acceptors (Lipinski definition) is 3. The molecule has 0 aromatic heterocycles. The number of carbonyl (C=O) groups is 3. The molecule has 0 amide bonds. The van der Waals surface area contributed by atoms with E-state index in [9.17, 15) is 14.4 Å². The van der Waals surface area contributed by atoms with Gasteiger partial charge in [0.25, 0.3) is 0 Å². The molecule has 0 saturated heterocycles. The number of Topliss-reactive ketones (excluding diaryl/α,β-unsaturated/α-hetero) is 3. The van der Waals surface area contributed by atoms with Gasteiger partial charge in [0.1, 0.15) is 0 Å². The SMILES string of the molecule is C=CCC(C)C.CC(C)C1C(=O)c2ccccc2C1=O.CC(C)Cc1ccc(Br)cc1.CC(C)c1ccccc1.CCC(=O)c1ccccc1.CCC(C)C. The Morgan fingerprint density at radius 1 is 0.636 bits per heavy atom. The van der Waals surface area contributed by atoms with E-state index < -0.39 is 5.92 Å². The van der Waals surface area contributed by atoms with Crippen LogP contribution < -0.4 is 0 Å². The Bertz CT molecular complexity index is 1580. The topological polar surface area (TPSA) is 51.2 Å². The number of carbonyl (C=O) groups excluding carboxylic acids is 3. The fourth-order valence-electron chi connectivity index (χ4n) is 5.06. The molecule has 0 saturated carbocycles. The second kappa shape index (κ2) is 29.4. The molecule has 0 aliphatic heterocycles. The Morgan fingerprint density at radius 2 is 1.07 bits per heavy atom. The Labute approximate surface area is 344 Å². The highest BCUT2D eigenvalue weighted by molar-refractivity contribution is 9.10. The number of fused-ring (bicyclic) bond motifs is 1. The van der Waals surface area contributed by atoms with Crippen molar-refractivity contribution in [1.29, 1.82) is 0 Å². The molecule has 0 atom stereocenters. The van der Waals surface area contributed by atoms with E-state index in [0.717, 1.165) is 34.2 Å². The molecular formula is C51H71BrO3. The predicted molar refractivity (Wildman–Crippen MR) is 242 cm³/mol. The van der Waals surface area contributed by atoms with E-state index in [1.807, 2.05) is 63.2 Å². The van der Waals surface area contributed by atoms with E-state index in [-0.39, 0.29) is 23.3 Å². The molecule has 1 aliphatic rings. The zero-order chi connectivity index (χ0) is 41.9. The van der Waals surface area contributed by atoms with Crippen molar-refractivity contribution < 1.29 is 14.4 Å². The van der Waals surface area contributed by atoms with Crippen LogP contribution in [0, 0.1) is 29.6 Å². The van der Waals surface area contributed by atoms with Crippen LogP contribution in [0.4, 0.5) is 0 Å². The summed E-state index contributed by atoms with van der Waals surface area (Å²) in [7, 11) is 0. The van der Waals surface area contributed by atoms with Crippen LogP contribution in [0.2, 0.25) is 0 Å². The van der Waals surface area contributed by atoms with Gasteiger partial charge in [0.05, 0.1) is 5.92 Å². The fourth-order valence-corrected chi connectivity index (χ4v) is 5.33. The molecule has 0 heterocycles. The monoisotopic (exact) mass is 810 g/mol. The molecule has 55 heavy (non-hydrogen) atoms. The van der Waals surface area contributed by atoms with Crippen LogP contribution in [0.15, 0.2) is 126 Å². The first-order valence-corrected chi connectivity index (χ1v) is 20.9. The molecule has 0 spiro atoms. The van der Waals surface area contributed by atoms with E-state index in [2.05, 4.69) is 133 Å². The maximum Gasteiger partial charge on any atom is 0.174 e. The van der Waals surface area contributed by atoms with Gasteiger partial charge >= 0.3 is 0 Å². The van der Waals surface area contributed by atoms with E-state index in [4.69, 9.17) is 0 Å². The van der Waals surface area contributed by atoms with Crippen LogP contribution >= 0.6 is 15.9 Å². The average Bonchev–Trinajstić information content (AvgIpc) is 3.43. The first-order chi connectivity index (χ1) is 26.0. The van der Waals surface area contributed by atoms with Gasteiger partial charge in [-0.1, -0.05) is 209 Å². The van der Waals surface area contributed by atoms with Gasteiger partial charge in [0.15, 0.2) is 17.3 Å². The van der Waals surface area contributed by atoms with Gasteiger partial charge in [-0.2, -0.15) is 0 Å². The maximum absolute atomic E-state index is 11.8. The second-order valence-corrected chi connectivity index (χ2v) is 16.6. The van der Waals surface area contributed by atoms with Crippen LogP contribution in [-0.2, 0) is 6.42 Å². The average molecular weight is 812 g/mol. The molecule has 4 heteroatoms. The number of benzene rings is 4. The molecule has 3 nitrogen and oxygen atoms in total. The zero-order valence-electron chi connectivity index (χ0n) is 36.1. The number of rotatable bonds is 9. The van der Waals surface area contributed by atoms with Gasteiger partial charge in [0.2, 0.25) is 0 Å². The highest BCUT2D eigenvalue weighted by Crippen LogP contribution is 2.31. The van der Waals surface area contributed by atoms with Gasteiger partial charge in [-0.05, 0) is 65.7 Å². The summed E-state index contributed by atoms with van der Waals surface area (Å²) in [5.41, 5.74) is 4.83. The highest BCUT2D eigenvalue weighted by atomic mass is 79.9. The second-order valence-electron chi connectivity index (χ2n) is 15.6. The summed E-state index contributed by atoms with van der Waals surface area (Å²) in [6, 6.07) is 35.5. The Kier molecular flexibility index (Phi) is 27.3. The van der Waals surface area contributed by atoms with Crippen molar-refractivity contribution in [3.8, 4) is 0 Å². The molecular weight excluding hydrogens is 740 g/mol. The van der Waals surface area contributed by atoms with Crippen LogP contribution in [0.5, 0.6) is 0 Å². The molecule has 0 radical (unpaired) electrons. The Balaban J connectivity index is 0.000000657. The molecule has 0 N–H and O–H groups in total. The van der Waals surface area contributed by atoms with Crippen molar-refractivity contribution in [1.82, 2.24) is 0 Å². The molecule has 4 aromatic carbocycles. The fraction of sp³-hybridized carbons (Fsp3) is 0.431. The van der Waals surface area contributed by atoms with Crippen molar-refractivity contribution in [3.05, 3.63) is 154 Å². The summed E-state index contributed by atoms with van der Waals surface area (Å²) in [6.07, 6.45) is 6.15. The minimum absolute atomic E-state index is 0.0133. The van der Waals surface area contributed by atoms with Gasteiger partial charge < -0.3 is 0 Å². The molecule has 300 valence electrons. The van der Waals surface area contributed by atoms with Crippen molar-refractivity contribution in [2.75, 3.05) is 0 Å². The molecule has 0 fully saturated rings. The minimum atomic E-state index is -0.451. The number of hydrogen-bond donors (Lipinski definition) is 0. The Hall–Kier alpha value is -3.89. The van der Waals surface area contributed by atoms with Gasteiger partial charge in [-0.25, -0.2) is 0 Å². The molecule has 0 bridgehead atoms. The van der Waals surface area contributed by atoms with Crippen molar-refractivity contribution in [3.63, 3.8) is 0 Å². The molecule has 5 rings (SSSR count). The third kappa shape index (κ3) is 22.3. The van der Waals surface area contributed by atoms with Gasteiger partial charge in [-0.15, -0.1) is 6.58 Å². The van der Waals surface area contributed by atoms with Crippen molar-refractivity contribution in [2.24, 2.45) is 29.6 Å². The largest absolute Gasteiger partial charge is 0.294 e. The van der Waals surface area contributed by atoms with Crippen molar-refractivity contribution >= 4 is 33.3 Å². The van der Waals surface area contributed by atoms with E-state index >= 15 is 0 Å². The van der Waals surface area contributed by atoms with Crippen LogP contribution in [0.1, 0.15) is 150 Å². The number of halogens is 1. The van der Waals surface area contributed by atoms with E-state index in [0.29, 0.717) is 23.5 Å². The van der Waals surface area contributed by atoms with Gasteiger partial charge in [0, 0.05) is 27.6 Å². The highest BCUT2D eigenvalue weighted by Gasteiger charge is 2.39. The summed E-state index contributed by atoms with van der Waals surface area (Å²) in [6.45, 7) is 29.2. The lowest BCUT2D eigenvalue weighted by Gasteiger charge is -2.09. The molecule has 1 aliphatic carbocycles. The quantitative estimate of drug-likeness (QED) is 0.0961. The number of ketones is 3. The minimum Gasteiger partial charge on any atom is -0.294 e. The Morgan fingerprint density at radius 3 is 1.38 bits per heavy atom. The smallest absolute Gasteiger partial charge is 0.174 e. The normalized spacial score (nSPS) is 11.5. The molecule has 0 unspecified atom stereocenters. The summed E-state index contributed by atoms with van der Waals surface area (Å²) in [5.74, 6) is 2.89. The lowest BCUT2D eigenvalue weighted by atomic mass is 9.91. The first kappa shape index (κ1) is 51.1. The van der Waals surface area contributed by atoms with Crippen LogP contribution in [0.3, 0.4) is 0 Å². The zero-order valence-corrected chi connectivity index (χ0v) is 37.7. The third-order valence-corrected chi connectivity index (χ3v) is 9.11. The lowest BCUT2D eigenvalue weighted by Crippen LogP contribution is -2.21. The third-order valence-electron chi connectivity index (χ3n) is 8.58. The van der Waals surface area contributed by atoms with E-state index in [1.165, 1.54) is 24.0 Å². The lowest BCUT2D eigenvalue weighted by molar-refractivity contribution is 0.0799.